The molecule has 1 heterocycles. The SMILES string of the molecule is C=C(C)C1CN(Cc2ccccc2)C1=O. The van der Waals surface area contributed by atoms with Gasteiger partial charge in [-0.2, -0.15) is 0 Å². The van der Waals surface area contributed by atoms with Crippen LogP contribution in [0.2, 0.25) is 0 Å². The minimum atomic E-state index is 0.0636. The Kier molecular flexibility index (Phi) is 2.58. The molecular weight excluding hydrogens is 186 g/mol. The molecule has 0 N–H and O–H groups in total. The molecule has 0 radical (unpaired) electrons. The quantitative estimate of drug-likeness (QED) is 0.542. The molecule has 2 rings (SSSR count). The number of hydrogen-bond acceptors (Lipinski definition) is 1. The van der Waals surface area contributed by atoms with E-state index in [9.17, 15) is 4.79 Å². The van der Waals surface area contributed by atoms with Gasteiger partial charge in [-0.25, -0.2) is 0 Å². The lowest BCUT2D eigenvalue weighted by atomic mass is 9.91. The summed E-state index contributed by atoms with van der Waals surface area (Å²) in [6.07, 6.45) is 0. The van der Waals surface area contributed by atoms with Crippen LogP contribution in [0.15, 0.2) is 42.5 Å². The number of rotatable bonds is 3. The van der Waals surface area contributed by atoms with Crippen molar-refractivity contribution < 1.29 is 4.79 Å². The van der Waals surface area contributed by atoms with Crippen LogP contribution in [-0.4, -0.2) is 17.4 Å². The molecule has 0 bridgehead atoms. The largest absolute Gasteiger partial charge is 0.337 e. The van der Waals surface area contributed by atoms with E-state index >= 15 is 0 Å². The number of amides is 1. The first-order valence-corrected chi connectivity index (χ1v) is 5.16. The Bertz CT molecular complexity index is 383. The van der Waals surface area contributed by atoms with E-state index in [1.54, 1.807) is 0 Å². The van der Waals surface area contributed by atoms with Crippen LogP contribution in [0.25, 0.3) is 0 Å². The first-order chi connectivity index (χ1) is 7.18. The first-order valence-electron chi connectivity index (χ1n) is 5.16. The van der Waals surface area contributed by atoms with Gasteiger partial charge in [0.05, 0.1) is 5.92 Å². The van der Waals surface area contributed by atoms with Crippen LogP contribution in [0.3, 0.4) is 0 Å². The van der Waals surface area contributed by atoms with Crippen molar-refractivity contribution in [3.63, 3.8) is 0 Å². The topological polar surface area (TPSA) is 20.3 Å². The Hall–Kier alpha value is -1.57. The molecule has 1 aliphatic heterocycles. The average molecular weight is 201 g/mol. The summed E-state index contributed by atoms with van der Waals surface area (Å²) in [5.74, 6) is 0.278. The number of β-lactam (4-membered cyclic amide) rings is 1. The highest BCUT2D eigenvalue weighted by molar-refractivity contribution is 5.87. The smallest absolute Gasteiger partial charge is 0.231 e. The highest BCUT2D eigenvalue weighted by atomic mass is 16.2. The second kappa shape index (κ2) is 3.89. The number of carbonyl (C=O) groups is 1. The summed E-state index contributed by atoms with van der Waals surface area (Å²) < 4.78 is 0. The molecule has 0 spiro atoms. The third-order valence-corrected chi connectivity index (χ3v) is 2.82. The molecule has 2 heteroatoms. The number of hydrogen-bond donors (Lipinski definition) is 0. The molecule has 78 valence electrons. The van der Waals surface area contributed by atoms with E-state index in [1.807, 2.05) is 42.2 Å². The summed E-state index contributed by atoms with van der Waals surface area (Å²) in [6, 6.07) is 10.1. The van der Waals surface area contributed by atoms with Gasteiger partial charge in [-0.1, -0.05) is 42.5 Å². The van der Waals surface area contributed by atoms with Crippen molar-refractivity contribution in [2.45, 2.75) is 13.5 Å². The van der Waals surface area contributed by atoms with Gasteiger partial charge in [0.15, 0.2) is 0 Å². The molecule has 1 fully saturated rings. The summed E-state index contributed by atoms with van der Waals surface area (Å²) in [5.41, 5.74) is 2.16. The zero-order valence-corrected chi connectivity index (χ0v) is 8.94. The molecule has 2 nitrogen and oxygen atoms in total. The lowest BCUT2D eigenvalue weighted by Gasteiger charge is -2.38. The maximum absolute atomic E-state index is 11.7. The molecule has 1 amide bonds. The van der Waals surface area contributed by atoms with Gasteiger partial charge < -0.3 is 4.90 Å². The molecule has 1 unspecified atom stereocenters. The van der Waals surface area contributed by atoms with E-state index in [0.29, 0.717) is 0 Å². The van der Waals surface area contributed by atoms with Gasteiger partial charge in [0.2, 0.25) is 5.91 Å². The monoisotopic (exact) mass is 201 g/mol. The number of benzene rings is 1. The van der Waals surface area contributed by atoms with Gasteiger partial charge in [0.25, 0.3) is 0 Å². The molecule has 0 aliphatic carbocycles. The standard InChI is InChI=1S/C13H15NO/c1-10(2)12-9-14(13(12)15)8-11-6-4-3-5-7-11/h3-7,12H,1,8-9H2,2H3. The summed E-state index contributed by atoms with van der Waals surface area (Å²) in [7, 11) is 0. The average Bonchev–Trinajstić information content (AvgIpc) is 2.24. The van der Waals surface area contributed by atoms with E-state index < -0.39 is 0 Å². The van der Waals surface area contributed by atoms with Crippen molar-refractivity contribution in [1.29, 1.82) is 0 Å². The summed E-state index contributed by atoms with van der Waals surface area (Å²) in [4.78, 5) is 13.5. The lowest BCUT2D eigenvalue weighted by Crippen LogP contribution is -2.51. The molecule has 1 atom stereocenters. The Morgan fingerprint density at radius 3 is 2.67 bits per heavy atom. The van der Waals surface area contributed by atoms with Crippen LogP contribution >= 0.6 is 0 Å². The Labute approximate surface area is 90.2 Å². The molecule has 15 heavy (non-hydrogen) atoms. The van der Waals surface area contributed by atoms with Crippen molar-refractivity contribution in [2.24, 2.45) is 5.92 Å². The first kappa shape index (κ1) is 9.97. The second-order valence-corrected chi connectivity index (χ2v) is 4.10. The second-order valence-electron chi connectivity index (χ2n) is 4.10. The van der Waals surface area contributed by atoms with Gasteiger partial charge in [-0.3, -0.25) is 4.79 Å². The minimum Gasteiger partial charge on any atom is -0.337 e. The van der Waals surface area contributed by atoms with E-state index in [4.69, 9.17) is 0 Å². The predicted octanol–water partition coefficient (Wildman–Crippen LogP) is 2.22. The third kappa shape index (κ3) is 1.94. The van der Waals surface area contributed by atoms with Gasteiger partial charge in [0, 0.05) is 13.1 Å². The van der Waals surface area contributed by atoms with Gasteiger partial charge >= 0.3 is 0 Å². The zero-order chi connectivity index (χ0) is 10.8. The van der Waals surface area contributed by atoms with Gasteiger partial charge in [-0.15, -0.1) is 0 Å². The lowest BCUT2D eigenvalue weighted by molar-refractivity contribution is -0.146. The highest BCUT2D eigenvalue weighted by Gasteiger charge is 2.36. The van der Waals surface area contributed by atoms with E-state index in [0.717, 1.165) is 18.7 Å². The van der Waals surface area contributed by atoms with E-state index in [1.165, 1.54) is 5.56 Å². The Morgan fingerprint density at radius 2 is 2.13 bits per heavy atom. The highest BCUT2D eigenvalue weighted by Crippen LogP contribution is 2.25. The maximum Gasteiger partial charge on any atom is 0.231 e. The summed E-state index contributed by atoms with van der Waals surface area (Å²) in [6.45, 7) is 7.29. The minimum absolute atomic E-state index is 0.0636. The molecule has 0 aromatic heterocycles. The van der Waals surface area contributed by atoms with Crippen LogP contribution < -0.4 is 0 Å². The normalized spacial score (nSPS) is 19.9. The predicted molar refractivity (Wildman–Crippen MR) is 60.2 cm³/mol. The summed E-state index contributed by atoms with van der Waals surface area (Å²) in [5, 5.41) is 0. The maximum atomic E-state index is 11.7. The van der Waals surface area contributed by atoms with Gasteiger partial charge in [-0.05, 0) is 12.5 Å². The Morgan fingerprint density at radius 1 is 1.47 bits per heavy atom. The molecule has 1 aromatic rings. The van der Waals surface area contributed by atoms with Crippen molar-refractivity contribution in [3.05, 3.63) is 48.0 Å². The Balaban J connectivity index is 1.95. The van der Waals surface area contributed by atoms with E-state index in [-0.39, 0.29) is 11.8 Å². The van der Waals surface area contributed by atoms with Crippen LogP contribution in [0, 0.1) is 5.92 Å². The van der Waals surface area contributed by atoms with Crippen LogP contribution in [0.1, 0.15) is 12.5 Å². The number of carbonyl (C=O) groups excluding carboxylic acids is 1. The fraction of sp³-hybridized carbons (Fsp3) is 0.308. The molecule has 1 aliphatic rings. The number of likely N-dealkylation sites (tertiary alicyclic amines) is 1. The molecule has 1 saturated heterocycles. The summed E-state index contributed by atoms with van der Waals surface area (Å²) >= 11 is 0. The van der Waals surface area contributed by atoms with Gasteiger partial charge in [0.1, 0.15) is 0 Å². The molecule has 1 aromatic carbocycles. The van der Waals surface area contributed by atoms with E-state index in [2.05, 4.69) is 6.58 Å². The fourth-order valence-electron chi connectivity index (χ4n) is 1.81. The van der Waals surface area contributed by atoms with Crippen LogP contribution in [0.5, 0.6) is 0 Å². The molecular formula is C13H15NO. The van der Waals surface area contributed by atoms with Crippen molar-refractivity contribution in [2.75, 3.05) is 6.54 Å². The van der Waals surface area contributed by atoms with Crippen molar-refractivity contribution in [1.82, 2.24) is 4.90 Å². The molecule has 0 saturated carbocycles. The van der Waals surface area contributed by atoms with Crippen molar-refractivity contribution >= 4 is 5.91 Å². The van der Waals surface area contributed by atoms with Crippen LogP contribution in [0.4, 0.5) is 0 Å². The zero-order valence-electron chi connectivity index (χ0n) is 8.94. The van der Waals surface area contributed by atoms with Crippen molar-refractivity contribution in [3.8, 4) is 0 Å². The van der Waals surface area contributed by atoms with Crippen LogP contribution in [-0.2, 0) is 11.3 Å². The number of nitrogens with zero attached hydrogens (tertiary/aromatic N) is 1. The fourth-order valence-corrected chi connectivity index (χ4v) is 1.81. The third-order valence-electron chi connectivity index (χ3n) is 2.82.